The third kappa shape index (κ3) is 2.55. The van der Waals surface area contributed by atoms with Gasteiger partial charge in [-0.1, -0.05) is 6.07 Å². The van der Waals surface area contributed by atoms with Crippen molar-refractivity contribution in [2.45, 2.75) is 26.9 Å². The average molecular weight is 195 g/mol. The molecule has 0 aliphatic carbocycles. The summed E-state index contributed by atoms with van der Waals surface area (Å²) in [7, 11) is 0. The predicted octanol–water partition coefficient (Wildman–Crippen LogP) is 2.45. The molecular weight excluding hydrogens is 178 g/mol. The number of para-hydroxylation sites is 1. The van der Waals surface area contributed by atoms with Crippen LogP contribution in [0.4, 0.5) is 5.69 Å². The maximum absolute atomic E-state index is 5.87. The van der Waals surface area contributed by atoms with E-state index in [1.165, 1.54) is 0 Å². The van der Waals surface area contributed by atoms with Gasteiger partial charge in [0.2, 0.25) is 0 Å². The van der Waals surface area contributed by atoms with E-state index in [2.05, 4.69) is 0 Å². The fraction of sp³-hybridized carbons (Fsp3) is 0.455. The summed E-state index contributed by atoms with van der Waals surface area (Å²) in [5.74, 6) is 1.37. The Kier molecular flexibility index (Phi) is 3.63. The van der Waals surface area contributed by atoms with Gasteiger partial charge in [-0.25, -0.2) is 0 Å². The topological polar surface area (TPSA) is 44.5 Å². The van der Waals surface area contributed by atoms with Crippen LogP contribution in [0, 0.1) is 0 Å². The minimum absolute atomic E-state index is 0.120. The molecule has 1 aromatic carbocycles. The van der Waals surface area contributed by atoms with Crippen molar-refractivity contribution in [1.82, 2.24) is 0 Å². The predicted molar refractivity (Wildman–Crippen MR) is 57.8 cm³/mol. The van der Waals surface area contributed by atoms with Gasteiger partial charge in [0.1, 0.15) is 17.2 Å². The zero-order chi connectivity index (χ0) is 10.6. The van der Waals surface area contributed by atoms with Gasteiger partial charge in [0.05, 0.1) is 12.7 Å². The van der Waals surface area contributed by atoms with Crippen molar-refractivity contribution >= 4 is 5.69 Å². The van der Waals surface area contributed by atoms with Gasteiger partial charge >= 0.3 is 0 Å². The zero-order valence-corrected chi connectivity index (χ0v) is 8.91. The molecule has 0 spiro atoms. The fourth-order valence-corrected chi connectivity index (χ4v) is 1.16. The maximum Gasteiger partial charge on any atom is 0.146 e. The van der Waals surface area contributed by atoms with E-state index in [0.29, 0.717) is 23.8 Å². The Hall–Kier alpha value is -1.38. The molecule has 0 amide bonds. The summed E-state index contributed by atoms with van der Waals surface area (Å²) in [6, 6.07) is 5.56. The average Bonchev–Trinajstić information content (AvgIpc) is 2.11. The summed E-state index contributed by atoms with van der Waals surface area (Å²) >= 11 is 0. The zero-order valence-electron chi connectivity index (χ0n) is 8.91. The highest BCUT2D eigenvalue weighted by Gasteiger charge is 2.07. The van der Waals surface area contributed by atoms with Crippen molar-refractivity contribution in [3.8, 4) is 11.5 Å². The first-order chi connectivity index (χ1) is 6.65. The molecule has 0 saturated carbocycles. The Bertz CT molecular complexity index is 297. The van der Waals surface area contributed by atoms with Crippen LogP contribution in [0.1, 0.15) is 20.8 Å². The van der Waals surface area contributed by atoms with Gasteiger partial charge < -0.3 is 15.2 Å². The number of rotatable bonds is 4. The summed E-state index contributed by atoms with van der Waals surface area (Å²) in [6.07, 6.45) is 0.120. The molecule has 0 aliphatic rings. The SMILES string of the molecule is CCOc1cccc(OC(C)C)c1N. The summed E-state index contributed by atoms with van der Waals surface area (Å²) in [6.45, 7) is 6.46. The van der Waals surface area contributed by atoms with Crippen molar-refractivity contribution in [2.75, 3.05) is 12.3 Å². The lowest BCUT2D eigenvalue weighted by atomic mass is 10.2. The molecule has 0 atom stereocenters. The van der Waals surface area contributed by atoms with Crippen LogP contribution in [0.3, 0.4) is 0 Å². The molecular formula is C11H17NO2. The molecule has 78 valence electrons. The van der Waals surface area contributed by atoms with E-state index in [0.717, 1.165) is 0 Å². The number of nitrogens with two attached hydrogens (primary N) is 1. The van der Waals surface area contributed by atoms with Crippen LogP contribution in [0.2, 0.25) is 0 Å². The molecule has 0 fully saturated rings. The molecule has 0 bridgehead atoms. The lowest BCUT2D eigenvalue weighted by molar-refractivity contribution is 0.242. The largest absolute Gasteiger partial charge is 0.492 e. The van der Waals surface area contributed by atoms with Crippen molar-refractivity contribution in [2.24, 2.45) is 0 Å². The van der Waals surface area contributed by atoms with E-state index in [9.17, 15) is 0 Å². The summed E-state index contributed by atoms with van der Waals surface area (Å²) < 4.78 is 10.9. The van der Waals surface area contributed by atoms with Crippen molar-refractivity contribution < 1.29 is 9.47 Å². The Labute approximate surface area is 84.8 Å². The maximum atomic E-state index is 5.87. The van der Waals surface area contributed by atoms with E-state index in [4.69, 9.17) is 15.2 Å². The van der Waals surface area contributed by atoms with Crippen LogP contribution in [0.15, 0.2) is 18.2 Å². The number of hydrogen-bond acceptors (Lipinski definition) is 3. The van der Waals surface area contributed by atoms with E-state index < -0.39 is 0 Å². The normalized spacial score (nSPS) is 10.3. The molecule has 0 saturated heterocycles. The van der Waals surface area contributed by atoms with E-state index in [-0.39, 0.29) is 6.10 Å². The first-order valence-corrected chi connectivity index (χ1v) is 4.83. The van der Waals surface area contributed by atoms with Gasteiger partial charge in [0.15, 0.2) is 0 Å². The third-order valence-corrected chi connectivity index (χ3v) is 1.69. The highest BCUT2D eigenvalue weighted by molar-refractivity contribution is 5.62. The Morgan fingerprint density at radius 1 is 1.29 bits per heavy atom. The van der Waals surface area contributed by atoms with Gasteiger partial charge in [-0.2, -0.15) is 0 Å². The molecule has 0 aliphatic heterocycles. The third-order valence-electron chi connectivity index (χ3n) is 1.69. The molecule has 14 heavy (non-hydrogen) atoms. The quantitative estimate of drug-likeness (QED) is 0.750. The number of anilines is 1. The monoisotopic (exact) mass is 195 g/mol. The Morgan fingerprint density at radius 2 is 1.93 bits per heavy atom. The molecule has 0 unspecified atom stereocenters. The van der Waals surface area contributed by atoms with Crippen LogP contribution in [-0.2, 0) is 0 Å². The summed E-state index contributed by atoms with van der Waals surface area (Å²) in [5, 5.41) is 0. The van der Waals surface area contributed by atoms with Gasteiger partial charge in [-0.05, 0) is 32.9 Å². The van der Waals surface area contributed by atoms with Gasteiger partial charge in [0, 0.05) is 0 Å². The van der Waals surface area contributed by atoms with E-state index in [1.54, 1.807) is 0 Å². The van der Waals surface area contributed by atoms with Crippen molar-refractivity contribution in [3.05, 3.63) is 18.2 Å². The standard InChI is InChI=1S/C11H17NO2/c1-4-13-9-6-5-7-10(11(9)12)14-8(2)3/h5-8H,4,12H2,1-3H3. The van der Waals surface area contributed by atoms with Gasteiger partial charge in [-0.15, -0.1) is 0 Å². The number of ether oxygens (including phenoxy) is 2. The number of benzene rings is 1. The van der Waals surface area contributed by atoms with Gasteiger partial charge in [0.25, 0.3) is 0 Å². The second-order valence-corrected chi connectivity index (χ2v) is 3.27. The first kappa shape index (κ1) is 10.7. The van der Waals surface area contributed by atoms with Crippen LogP contribution in [-0.4, -0.2) is 12.7 Å². The first-order valence-electron chi connectivity index (χ1n) is 4.83. The van der Waals surface area contributed by atoms with Crippen LogP contribution in [0.25, 0.3) is 0 Å². The highest BCUT2D eigenvalue weighted by Crippen LogP contribution is 2.31. The van der Waals surface area contributed by atoms with Crippen molar-refractivity contribution in [1.29, 1.82) is 0 Å². The van der Waals surface area contributed by atoms with Crippen molar-refractivity contribution in [3.63, 3.8) is 0 Å². The summed E-state index contributed by atoms with van der Waals surface area (Å²) in [4.78, 5) is 0. The molecule has 0 aromatic heterocycles. The molecule has 1 rings (SSSR count). The van der Waals surface area contributed by atoms with Crippen LogP contribution >= 0.6 is 0 Å². The lowest BCUT2D eigenvalue weighted by Gasteiger charge is -2.14. The molecule has 0 radical (unpaired) electrons. The van der Waals surface area contributed by atoms with Crippen LogP contribution in [0.5, 0.6) is 11.5 Å². The van der Waals surface area contributed by atoms with E-state index in [1.807, 2.05) is 39.0 Å². The minimum atomic E-state index is 0.120. The molecule has 0 heterocycles. The number of hydrogen-bond donors (Lipinski definition) is 1. The number of nitrogen functional groups attached to an aromatic ring is 1. The summed E-state index contributed by atoms with van der Waals surface area (Å²) in [5.41, 5.74) is 6.44. The second-order valence-electron chi connectivity index (χ2n) is 3.27. The Balaban J connectivity index is 2.89. The molecule has 3 nitrogen and oxygen atoms in total. The molecule has 1 aromatic rings. The lowest BCUT2D eigenvalue weighted by Crippen LogP contribution is -2.08. The fourth-order valence-electron chi connectivity index (χ4n) is 1.16. The van der Waals surface area contributed by atoms with Crippen LogP contribution < -0.4 is 15.2 Å². The second kappa shape index (κ2) is 4.74. The Morgan fingerprint density at radius 3 is 2.50 bits per heavy atom. The minimum Gasteiger partial charge on any atom is -0.492 e. The van der Waals surface area contributed by atoms with Gasteiger partial charge in [-0.3, -0.25) is 0 Å². The molecule has 2 N–H and O–H groups in total. The van der Waals surface area contributed by atoms with E-state index >= 15 is 0 Å². The molecule has 3 heteroatoms. The smallest absolute Gasteiger partial charge is 0.146 e. The highest BCUT2D eigenvalue weighted by atomic mass is 16.5.